The summed E-state index contributed by atoms with van der Waals surface area (Å²) in [5.41, 5.74) is 0.940. The first-order valence-corrected chi connectivity index (χ1v) is 10.8. The van der Waals surface area contributed by atoms with Crippen LogP contribution in [0.3, 0.4) is 0 Å². The Bertz CT molecular complexity index is 1030. The Morgan fingerprint density at radius 2 is 2.03 bits per heavy atom. The van der Waals surface area contributed by atoms with Crippen molar-refractivity contribution >= 4 is 23.6 Å². The average molecular weight is 448 g/mol. The van der Waals surface area contributed by atoms with Gasteiger partial charge in [0.25, 0.3) is 0 Å². The van der Waals surface area contributed by atoms with Gasteiger partial charge >= 0.3 is 29.6 Å². The van der Waals surface area contributed by atoms with E-state index in [4.69, 9.17) is 0 Å². The summed E-state index contributed by atoms with van der Waals surface area (Å²) in [5, 5.41) is 14.8. The molecule has 0 N–H and O–H groups in total. The zero-order valence-electron chi connectivity index (χ0n) is 17.6. The maximum atomic E-state index is 12.5. The van der Waals surface area contributed by atoms with Crippen molar-refractivity contribution in [2.75, 3.05) is 5.75 Å². The first-order valence-electron chi connectivity index (χ1n) is 9.77. The molecule has 4 rings (SSSR count). The van der Waals surface area contributed by atoms with Crippen molar-refractivity contribution in [1.82, 2.24) is 14.5 Å². The third-order valence-corrected chi connectivity index (χ3v) is 7.09. The quantitative estimate of drug-likeness (QED) is 0.284. The minimum atomic E-state index is -1.36. The molecule has 4 unspecified atom stereocenters. The van der Waals surface area contributed by atoms with Crippen molar-refractivity contribution in [3.05, 3.63) is 64.1 Å². The van der Waals surface area contributed by atoms with Gasteiger partial charge in [-0.25, -0.2) is 4.98 Å². The van der Waals surface area contributed by atoms with Crippen LogP contribution in [0.2, 0.25) is 0 Å². The Morgan fingerprint density at radius 3 is 2.68 bits per heavy atom. The van der Waals surface area contributed by atoms with Gasteiger partial charge in [-0.15, -0.1) is 11.8 Å². The van der Waals surface area contributed by atoms with E-state index >= 15 is 0 Å². The Morgan fingerprint density at radius 1 is 1.32 bits per heavy atom. The van der Waals surface area contributed by atoms with Crippen LogP contribution in [0.5, 0.6) is 0 Å². The van der Waals surface area contributed by atoms with Gasteiger partial charge in [-0.2, -0.15) is 4.91 Å². The average Bonchev–Trinajstić information content (AvgIpc) is 3.30. The second-order valence-corrected chi connectivity index (χ2v) is 8.64. The van der Waals surface area contributed by atoms with Crippen molar-refractivity contribution in [3.63, 3.8) is 0 Å². The number of carbonyl (C=O) groups excluding carboxylic acids is 2. The fourth-order valence-electron chi connectivity index (χ4n) is 4.37. The zero-order chi connectivity index (χ0) is 21.4. The summed E-state index contributed by atoms with van der Waals surface area (Å²) in [6, 6.07) is 8.80. The molecule has 156 valence electrons. The van der Waals surface area contributed by atoms with Crippen LogP contribution in [0.25, 0.3) is 5.69 Å². The van der Waals surface area contributed by atoms with Crippen LogP contribution in [-0.2, 0) is 16.0 Å². The smallest absolute Gasteiger partial charge is 0.543 e. The molecule has 0 aliphatic carbocycles. The number of aromatic nitrogens is 2. The van der Waals surface area contributed by atoms with E-state index in [0.717, 1.165) is 11.5 Å². The van der Waals surface area contributed by atoms with Gasteiger partial charge in [0.2, 0.25) is 5.91 Å². The first kappa shape index (κ1) is 23.7. The molecule has 2 aromatic rings. The number of benzene rings is 1. The Kier molecular flexibility index (Phi) is 7.41. The number of β-lactam (4-membered cyclic amide) rings is 1. The van der Waals surface area contributed by atoms with E-state index in [1.807, 2.05) is 48.0 Å². The van der Waals surface area contributed by atoms with E-state index < -0.39 is 17.9 Å². The van der Waals surface area contributed by atoms with Gasteiger partial charge in [0, 0.05) is 41.1 Å². The van der Waals surface area contributed by atoms with Gasteiger partial charge in [-0.3, -0.25) is 4.79 Å². The predicted octanol–water partition coefficient (Wildman–Crippen LogP) is -1.25. The summed E-state index contributed by atoms with van der Waals surface area (Å²) in [6.45, 7) is 3.48. The van der Waals surface area contributed by atoms with Crippen molar-refractivity contribution in [3.8, 4) is 5.69 Å². The van der Waals surface area contributed by atoms with Crippen LogP contribution < -0.4 is 34.7 Å². The number of nitroso groups, excluding NO2 is 1. The number of carboxylic acid groups (broad SMARTS) is 1. The van der Waals surface area contributed by atoms with Gasteiger partial charge in [0.05, 0.1) is 23.6 Å². The first-order chi connectivity index (χ1) is 14.5. The van der Waals surface area contributed by atoms with Crippen LogP contribution in [-0.4, -0.2) is 44.2 Å². The number of thioether (sulfide) groups is 1. The Balaban J connectivity index is 0.00000272. The number of rotatable bonds is 8. The molecular formula is C21H21N4NaO4S. The van der Waals surface area contributed by atoms with E-state index in [2.05, 4.69) is 10.2 Å². The molecule has 0 radical (unpaired) electrons. The largest absolute Gasteiger partial charge is 1.00 e. The molecule has 31 heavy (non-hydrogen) atoms. The second-order valence-electron chi connectivity index (χ2n) is 7.51. The Labute approximate surface area is 206 Å². The SMILES string of the molecule is CC(N=O)C1C(=O)N2C(C(=O)[O-])=C(SCCc3nccn3-c3ccccc3)C(C)C12.[Na+]. The van der Waals surface area contributed by atoms with Crippen LogP contribution in [0.4, 0.5) is 0 Å². The molecule has 3 heterocycles. The summed E-state index contributed by atoms with van der Waals surface area (Å²) in [4.78, 5) is 41.6. The van der Waals surface area contributed by atoms with E-state index in [-0.39, 0.29) is 53.1 Å². The minimum absolute atomic E-state index is 0. The Hall–Kier alpha value is -1.94. The van der Waals surface area contributed by atoms with Gasteiger partial charge in [0.15, 0.2) is 0 Å². The van der Waals surface area contributed by atoms with E-state index in [1.54, 1.807) is 13.1 Å². The number of nitrogens with zero attached hydrogens (tertiary/aromatic N) is 4. The van der Waals surface area contributed by atoms with Gasteiger partial charge in [-0.1, -0.05) is 30.3 Å². The van der Waals surface area contributed by atoms with Crippen molar-refractivity contribution in [2.45, 2.75) is 32.4 Å². The van der Waals surface area contributed by atoms with Crippen molar-refractivity contribution < 1.29 is 44.3 Å². The van der Waals surface area contributed by atoms with E-state index in [9.17, 15) is 19.6 Å². The molecular weight excluding hydrogens is 427 g/mol. The molecule has 0 spiro atoms. The molecule has 1 fully saturated rings. The molecule has 10 heteroatoms. The standard InChI is InChI=1S/C21H22N4O4S.Na/c1-12-17-16(13(2)23-29)20(26)25(17)18(21(27)28)19(12)30-11-8-15-22-9-10-24(15)14-6-4-3-5-7-14;/h3-7,9-10,12-13,16-17H,8,11H2,1-2H3,(H,27,28);/q;+1/p-1. The van der Waals surface area contributed by atoms with E-state index in [0.29, 0.717) is 17.1 Å². The maximum absolute atomic E-state index is 12.5. The number of hydrogen-bond donors (Lipinski definition) is 0. The number of amides is 1. The summed E-state index contributed by atoms with van der Waals surface area (Å²) in [6.07, 6.45) is 4.25. The number of carbonyl (C=O) groups is 2. The van der Waals surface area contributed by atoms with Crippen molar-refractivity contribution in [2.24, 2.45) is 17.0 Å². The third kappa shape index (κ3) is 4.11. The predicted molar refractivity (Wildman–Crippen MR) is 110 cm³/mol. The number of imidazole rings is 1. The summed E-state index contributed by atoms with van der Waals surface area (Å²) in [7, 11) is 0. The third-order valence-electron chi connectivity index (χ3n) is 5.80. The minimum Gasteiger partial charge on any atom is -0.543 e. The normalized spacial score (nSPS) is 23.1. The number of para-hydroxylation sites is 1. The van der Waals surface area contributed by atoms with Gasteiger partial charge in [-0.05, 0) is 19.1 Å². The topological polar surface area (TPSA) is 108 Å². The molecule has 0 saturated carbocycles. The number of hydrogen-bond acceptors (Lipinski definition) is 7. The molecule has 2 aliphatic rings. The molecule has 0 bridgehead atoms. The second kappa shape index (κ2) is 9.68. The number of aryl methyl sites for hydroxylation is 1. The maximum Gasteiger partial charge on any atom is 1.00 e. The number of carboxylic acids is 1. The van der Waals surface area contributed by atoms with Crippen molar-refractivity contribution in [1.29, 1.82) is 0 Å². The summed E-state index contributed by atoms with van der Waals surface area (Å²) < 4.78 is 2.00. The molecule has 1 saturated heterocycles. The number of fused-ring (bicyclic) bond motifs is 1. The van der Waals surface area contributed by atoms with Gasteiger partial charge in [0.1, 0.15) is 11.9 Å². The van der Waals surface area contributed by atoms with Crippen LogP contribution >= 0.6 is 11.8 Å². The monoisotopic (exact) mass is 448 g/mol. The summed E-state index contributed by atoms with van der Waals surface area (Å²) >= 11 is 1.40. The molecule has 4 atom stereocenters. The molecule has 2 aliphatic heterocycles. The summed E-state index contributed by atoms with van der Waals surface area (Å²) in [5.74, 6) is -1.04. The fourth-order valence-corrected chi connectivity index (χ4v) is 5.59. The van der Waals surface area contributed by atoms with Crippen LogP contribution in [0, 0.1) is 16.7 Å². The molecule has 1 aromatic heterocycles. The molecule has 1 aromatic carbocycles. The van der Waals surface area contributed by atoms with Gasteiger partial charge < -0.3 is 19.4 Å². The van der Waals surface area contributed by atoms with Crippen LogP contribution in [0.1, 0.15) is 19.7 Å². The van der Waals surface area contributed by atoms with Crippen LogP contribution in [0.15, 0.2) is 58.5 Å². The van der Waals surface area contributed by atoms with E-state index in [1.165, 1.54) is 16.7 Å². The zero-order valence-corrected chi connectivity index (χ0v) is 20.4. The fraction of sp³-hybridized carbons (Fsp3) is 0.381. The molecule has 1 amide bonds. The number of aliphatic carboxylic acids is 1. The molecule has 8 nitrogen and oxygen atoms in total.